The van der Waals surface area contributed by atoms with Crippen LogP contribution in [0.4, 0.5) is 17.5 Å². The van der Waals surface area contributed by atoms with E-state index in [0.717, 1.165) is 18.1 Å². The van der Waals surface area contributed by atoms with Gasteiger partial charge in [-0.05, 0) is 6.92 Å². The molecule has 1 aromatic heterocycles. The first-order chi connectivity index (χ1) is 8.09. The monoisotopic (exact) mass is 255 g/mol. The molecule has 0 bridgehead atoms. The van der Waals surface area contributed by atoms with Crippen LogP contribution in [0.3, 0.4) is 0 Å². The van der Waals surface area contributed by atoms with Crippen LogP contribution in [-0.2, 0) is 0 Å². The third-order valence-corrected chi connectivity index (χ3v) is 3.79. The van der Waals surface area contributed by atoms with E-state index in [1.807, 2.05) is 23.6 Å². The van der Waals surface area contributed by atoms with Gasteiger partial charge in [-0.3, -0.25) is 10.1 Å². The zero-order valence-electron chi connectivity index (χ0n) is 9.37. The lowest BCUT2D eigenvalue weighted by molar-refractivity contribution is -0.384. The Balaban J connectivity index is 2.41. The van der Waals surface area contributed by atoms with E-state index in [2.05, 4.69) is 9.97 Å². The lowest BCUT2D eigenvalue weighted by Crippen LogP contribution is -2.41. The minimum Gasteiger partial charge on any atom is -0.368 e. The largest absolute Gasteiger partial charge is 0.368 e. The van der Waals surface area contributed by atoms with Gasteiger partial charge in [0.15, 0.2) is 0 Å². The highest BCUT2D eigenvalue weighted by Crippen LogP contribution is 2.30. The second-order valence-electron chi connectivity index (χ2n) is 3.81. The molecule has 0 radical (unpaired) electrons. The highest BCUT2D eigenvalue weighted by Gasteiger charge is 2.27. The van der Waals surface area contributed by atoms with Crippen molar-refractivity contribution < 1.29 is 4.92 Å². The summed E-state index contributed by atoms with van der Waals surface area (Å²) in [4.78, 5) is 20.1. The first kappa shape index (κ1) is 11.9. The van der Waals surface area contributed by atoms with Gasteiger partial charge in [-0.2, -0.15) is 16.7 Å². The predicted octanol–water partition coefficient (Wildman–Crippen LogP) is 0.909. The molecular formula is C9H13N5O2S. The number of anilines is 2. The van der Waals surface area contributed by atoms with E-state index in [1.165, 1.54) is 6.20 Å². The third-order valence-electron chi connectivity index (χ3n) is 2.61. The maximum absolute atomic E-state index is 10.9. The summed E-state index contributed by atoms with van der Waals surface area (Å²) in [6.07, 6.45) is 1.17. The Labute approximate surface area is 103 Å². The molecular weight excluding hydrogens is 242 g/mol. The number of nitro groups is 1. The van der Waals surface area contributed by atoms with Crippen LogP contribution in [-0.4, -0.2) is 39.0 Å². The zero-order chi connectivity index (χ0) is 12.4. The minimum absolute atomic E-state index is 0.0658. The van der Waals surface area contributed by atoms with Crippen LogP contribution in [0.5, 0.6) is 0 Å². The van der Waals surface area contributed by atoms with Crippen LogP contribution < -0.4 is 10.6 Å². The number of nitrogens with two attached hydrogens (primary N) is 1. The highest BCUT2D eigenvalue weighted by atomic mass is 32.2. The molecule has 1 atom stereocenters. The summed E-state index contributed by atoms with van der Waals surface area (Å²) >= 11 is 1.83. The molecule has 7 nitrogen and oxygen atoms in total. The number of nitrogen functional groups attached to an aromatic ring is 1. The summed E-state index contributed by atoms with van der Waals surface area (Å²) in [6, 6.07) is 0.210. The Hall–Kier alpha value is -1.57. The molecule has 2 N–H and O–H groups in total. The topological polar surface area (TPSA) is 98.2 Å². The van der Waals surface area contributed by atoms with Crippen LogP contribution in [0.2, 0.25) is 0 Å². The summed E-state index contributed by atoms with van der Waals surface area (Å²) in [5, 5.41) is 10.9. The van der Waals surface area contributed by atoms with Crippen molar-refractivity contribution in [3.63, 3.8) is 0 Å². The van der Waals surface area contributed by atoms with Crippen LogP contribution >= 0.6 is 11.8 Å². The molecule has 1 aliphatic heterocycles. The molecule has 2 rings (SSSR count). The van der Waals surface area contributed by atoms with Crippen molar-refractivity contribution in [1.29, 1.82) is 0 Å². The van der Waals surface area contributed by atoms with E-state index in [9.17, 15) is 10.1 Å². The van der Waals surface area contributed by atoms with Gasteiger partial charge in [0.05, 0.1) is 4.92 Å². The van der Waals surface area contributed by atoms with Gasteiger partial charge in [-0.15, -0.1) is 0 Å². The molecule has 0 saturated carbocycles. The molecule has 92 valence electrons. The van der Waals surface area contributed by atoms with Gasteiger partial charge >= 0.3 is 5.69 Å². The number of aromatic nitrogens is 2. The lowest BCUT2D eigenvalue weighted by Gasteiger charge is -2.33. The standard InChI is InChI=1S/C9H13N5O2S/c1-6-5-17-3-2-13(6)8-7(14(15)16)4-11-9(10)12-8/h4,6H,2-3,5H2,1H3,(H2,10,11,12). The van der Waals surface area contributed by atoms with Crippen LogP contribution in [0, 0.1) is 10.1 Å². The Morgan fingerprint density at radius 2 is 2.47 bits per heavy atom. The molecule has 0 spiro atoms. The number of rotatable bonds is 2. The average molecular weight is 255 g/mol. The Morgan fingerprint density at radius 1 is 1.71 bits per heavy atom. The Bertz CT molecular complexity index is 441. The summed E-state index contributed by atoms with van der Waals surface area (Å²) in [5.74, 6) is 2.26. The molecule has 17 heavy (non-hydrogen) atoms. The van der Waals surface area contributed by atoms with Crippen LogP contribution in [0.1, 0.15) is 6.92 Å². The Morgan fingerprint density at radius 3 is 3.12 bits per heavy atom. The van der Waals surface area contributed by atoms with Crippen LogP contribution in [0.15, 0.2) is 6.20 Å². The van der Waals surface area contributed by atoms with Crippen molar-refractivity contribution in [2.75, 3.05) is 28.7 Å². The van der Waals surface area contributed by atoms with E-state index in [0.29, 0.717) is 5.82 Å². The van der Waals surface area contributed by atoms with Gasteiger partial charge < -0.3 is 10.6 Å². The minimum atomic E-state index is -0.469. The summed E-state index contributed by atoms with van der Waals surface area (Å²) in [5.41, 5.74) is 5.42. The lowest BCUT2D eigenvalue weighted by atomic mass is 10.3. The maximum Gasteiger partial charge on any atom is 0.329 e. The van der Waals surface area contributed by atoms with Gasteiger partial charge in [0.2, 0.25) is 11.8 Å². The van der Waals surface area contributed by atoms with E-state index >= 15 is 0 Å². The molecule has 8 heteroatoms. The molecule has 0 aliphatic carbocycles. The molecule has 1 saturated heterocycles. The van der Waals surface area contributed by atoms with E-state index in [4.69, 9.17) is 5.73 Å². The average Bonchev–Trinajstić information content (AvgIpc) is 2.29. The molecule has 2 heterocycles. The number of hydrogen-bond acceptors (Lipinski definition) is 7. The van der Waals surface area contributed by atoms with Crippen molar-refractivity contribution >= 4 is 29.2 Å². The normalized spacial score (nSPS) is 20.3. The van der Waals surface area contributed by atoms with E-state index in [1.54, 1.807) is 0 Å². The van der Waals surface area contributed by atoms with Crippen molar-refractivity contribution in [1.82, 2.24) is 9.97 Å². The predicted molar refractivity (Wildman–Crippen MR) is 67.2 cm³/mol. The molecule has 1 unspecified atom stereocenters. The molecule has 1 fully saturated rings. The quantitative estimate of drug-likeness (QED) is 0.619. The fraction of sp³-hybridized carbons (Fsp3) is 0.556. The van der Waals surface area contributed by atoms with Crippen molar-refractivity contribution in [2.24, 2.45) is 0 Å². The number of nitrogens with zero attached hydrogens (tertiary/aromatic N) is 4. The van der Waals surface area contributed by atoms with Gasteiger partial charge in [-0.1, -0.05) is 0 Å². The molecule has 0 amide bonds. The second kappa shape index (κ2) is 4.74. The third kappa shape index (κ3) is 2.41. The molecule has 1 aromatic rings. The highest BCUT2D eigenvalue weighted by molar-refractivity contribution is 7.99. The molecule has 0 aromatic carbocycles. The summed E-state index contributed by atoms with van der Waals surface area (Å²) in [6.45, 7) is 2.76. The fourth-order valence-electron chi connectivity index (χ4n) is 1.76. The van der Waals surface area contributed by atoms with Crippen molar-refractivity contribution in [2.45, 2.75) is 13.0 Å². The van der Waals surface area contributed by atoms with Gasteiger partial charge in [0, 0.05) is 24.1 Å². The second-order valence-corrected chi connectivity index (χ2v) is 4.96. The smallest absolute Gasteiger partial charge is 0.329 e. The first-order valence-electron chi connectivity index (χ1n) is 5.21. The van der Waals surface area contributed by atoms with Gasteiger partial charge in [0.25, 0.3) is 0 Å². The summed E-state index contributed by atoms with van der Waals surface area (Å²) < 4.78 is 0. The van der Waals surface area contributed by atoms with E-state index < -0.39 is 4.92 Å². The number of hydrogen-bond donors (Lipinski definition) is 1. The molecule has 1 aliphatic rings. The van der Waals surface area contributed by atoms with E-state index in [-0.39, 0.29) is 17.7 Å². The zero-order valence-corrected chi connectivity index (χ0v) is 10.2. The Kier molecular flexibility index (Phi) is 3.32. The first-order valence-corrected chi connectivity index (χ1v) is 6.36. The number of thioether (sulfide) groups is 1. The summed E-state index contributed by atoms with van der Waals surface area (Å²) in [7, 11) is 0. The van der Waals surface area contributed by atoms with Crippen molar-refractivity contribution in [3.05, 3.63) is 16.3 Å². The van der Waals surface area contributed by atoms with Gasteiger partial charge in [-0.25, -0.2) is 4.98 Å². The van der Waals surface area contributed by atoms with Crippen LogP contribution in [0.25, 0.3) is 0 Å². The fourth-order valence-corrected chi connectivity index (χ4v) is 2.78. The SMILES string of the molecule is CC1CSCCN1c1nc(N)ncc1[N+](=O)[O-]. The van der Waals surface area contributed by atoms with Gasteiger partial charge in [0.1, 0.15) is 6.20 Å². The van der Waals surface area contributed by atoms with Crippen molar-refractivity contribution in [3.8, 4) is 0 Å². The maximum atomic E-state index is 10.9.